The van der Waals surface area contributed by atoms with E-state index in [1.54, 1.807) is 21.8 Å². The maximum Gasteiger partial charge on any atom is 0.266 e. The molecule has 0 amide bonds. The van der Waals surface area contributed by atoms with Crippen LogP contribution in [-0.4, -0.2) is 38.8 Å². The second-order valence-corrected chi connectivity index (χ2v) is 8.83. The van der Waals surface area contributed by atoms with Gasteiger partial charge in [-0.2, -0.15) is 5.10 Å². The third-order valence-corrected chi connectivity index (χ3v) is 5.30. The van der Waals surface area contributed by atoms with Gasteiger partial charge in [-0.05, 0) is 17.7 Å². The summed E-state index contributed by atoms with van der Waals surface area (Å²) in [5.74, 6) is -2.15. The molecule has 9 heteroatoms. The molecule has 0 saturated carbocycles. The summed E-state index contributed by atoms with van der Waals surface area (Å²) < 4.78 is 42.7. The summed E-state index contributed by atoms with van der Waals surface area (Å²) in [7, 11) is 0. The van der Waals surface area contributed by atoms with Crippen molar-refractivity contribution in [2.24, 2.45) is 0 Å². The fraction of sp³-hybridized carbons (Fsp3) is 0.450. The van der Waals surface area contributed by atoms with Gasteiger partial charge >= 0.3 is 0 Å². The lowest BCUT2D eigenvalue weighted by Gasteiger charge is -2.22. The molecule has 4 rings (SSSR count). The van der Waals surface area contributed by atoms with Crippen LogP contribution in [-0.2, 0) is 12.0 Å². The van der Waals surface area contributed by atoms with Crippen molar-refractivity contribution in [3.05, 3.63) is 46.6 Å². The average Bonchev–Trinajstić information content (AvgIpc) is 3.19. The van der Waals surface area contributed by atoms with E-state index in [2.05, 4.69) is 15.1 Å². The monoisotopic (exact) mass is 423 g/mol. The molecule has 1 aliphatic rings. The van der Waals surface area contributed by atoms with E-state index in [1.807, 2.05) is 20.8 Å². The smallest absolute Gasteiger partial charge is 0.266 e. The van der Waals surface area contributed by atoms with E-state index in [9.17, 15) is 13.2 Å². The fourth-order valence-electron chi connectivity index (χ4n) is 3.36. The molecule has 3 aromatic rings. The third-order valence-electron chi connectivity index (χ3n) is 4.95. The Labute approximate surface area is 171 Å². The Morgan fingerprint density at radius 3 is 2.59 bits per heavy atom. The van der Waals surface area contributed by atoms with E-state index in [4.69, 9.17) is 11.6 Å². The summed E-state index contributed by atoms with van der Waals surface area (Å²) in [6.07, 6.45) is 1.38. The van der Waals surface area contributed by atoms with Crippen LogP contribution in [0.25, 0.3) is 11.0 Å². The number of benzene rings is 1. The number of rotatable bonds is 3. The molecule has 0 bridgehead atoms. The molecular formula is C20H21ClF3N5. The van der Waals surface area contributed by atoms with Crippen LogP contribution in [0, 0.1) is 5.82 Å². The van der Waals surface area contributed by atoms with Crippen molar-refractivity contribution in [3.63, 3.8) is 0 Å². The Hall–Kier alpha value is -2.35. The van der Waals surface area contributed by atoms with E-state index < -0.39 is 11.7 Å². The lowest BCUT2D eigenvalue weighted by molar-refractivity contribution is 0.0257. The highest BCUT2D eigenvalue weighted by Gasteiger charge is 2.40. The van der Waals surface area contributed by atoms with E-state index in [1.165, 1.54) is 12.1 Å². The Morgan fingerprint density at radius 1 is 1.21 bits per heavy atom. The van der Waals surface area contributed by atoms with Crippen molar-refractivity contribution >= 4 is 28.5 Å². The first-order valence-corrected chi connectivity index (χ1v) is 9.72. The molecular weight excluding hydrogens is 403 g/mol. The minimum absolute atomic E-state index is 0.206. The number of nitrogens with zero attached hydrogens (tertiary/aromatic N) is 5. The maximum atomic E-state index is 13.8. The zero-order chi connectivity index (χ0) is 21.0. The predicted molar refractivity (Wildman–Crippen MR) is 106 cm³/mol. The van der Waals surface area contributed by atoms with E-state index in [-0.39, 0.29) is 36.5 Å². The molecule has 1 fully saturated rings. The van der Waals surface area contributed by atoms with Crippen molar-refractivity contribution in [3.8, 4) is 0 Å². The van der Waals surface area contributed by atoms with Gasteiger partial charge < -0.3 is 4.90 Å². The maximum absolute atomic E-state index is 13.8. The molecule has 0 radical (unpaired) electrons. The van der Waals surface area contributed by atoms with Gasteiger partial charge in [0, 0.05) is 23.4 Å². The number of halogens is 4. The van der Waals surface area contributed by atoms with Crippen molar-refractivity contribution < 1.29 is 13.2 Å². The quantitative estimate of drug-likeness (QED) is 0.606. The number of aromatic nitrogens is 4. The standard InChI is InChI=1S/C20H21ClF3N5/c1-19(2,3)18-26-16(28-7-6-20(23,24)11-28)14-9-25-29(17(14)27-18)10-12-4-5-13(22)8-15(12)21/h4-5,8-9H,6-7,10-11H2,1-3H3. The van der Waals surface area contributed by atoms with Crippen LogP contribution in [0.15, 0.2) is 24.4 Å². The van der Waals surface area contributed by atoms with Crippen molar-refractivity contribution in [2.75, 3.05) is 18.0 Å². The van der Waals surface area contributed by atoms with Gasteiger partial charge in [-0.25, -0.2) is 27.8 Å². The van der Waals surface area contributed by atoms with Gasteiger partial charge in [0.25, 0.3) is 5.92 Å². The summed E-state index contributed by atoms with van der Waals surface area (Å²) >= 11 is 6.16. The van der Waals surface area contributed by atoms with Crippen LogP contribution in [0.4, 0.5) is 19.0 Å². The largest absolute Gasteiger partial charge is 0.350 e. The van der Waals surface area contributed by atoms with Gasteiger partial charge in [-0.1, -0.05) is 38.4 Å². The summed E-state index contributed by atoms with van der Waals surface area (Å²) in [4.78, 5) is 10.9. The highest BCUT2D eigenvalue weighted by molar-refractivity contribution is 6.31. The molecule has 0 aliphatic carbocycles. The number of hydrogen-bond donors (Lipinski definition) is 0. The van der Waals surface area contributed by atoms with Crippen molar-refractivity contribution in [1.82, 2.24) is 19.7 Å². The molecule has 2 aromatic heterocycles. The molecule has 0 atom stereocenters. The highest BCUT2D eigenvalue weighted by Crippen LogP contribution is 2.35. The van der Waals surface area contributed by atoms with Gasteiger partial charge in [0.05, 0.1) is 24.7 Å². The van der Waals surface area contributed by atoms with Crippen LogP contribution < -0.4 is 4.90 Å². The Kier molecular flexibility index (Phi) is 4.72. The van der Waals surface area contributed by atoms with Gasteiger partial charge in [0.1, 0.15) is 17.5 Å². The predicted octanol–water partition coefficient (Wildman–Crippen LogP) is 4.81. The average molecular weight is 424 g/mol. The zero-order valence-electron chi connectivity index (χ0n) is 16.4. The lowest BCUT2D eigenvalue weighted by atomic mass is 9.95. The van der Waals surface area contributed by atoms with Crippen LogP contribution in [0.2, 0.25) is 5.02 Å². The number of anilines is 1. The van der Waals surface area contributed by atoms with Crippen molar-refractivity contribution in [2.45, 2.75) is 45.1 Å². The minimum Gasteiger partial charge on any atom is -0.350 e. The molecule has 1 aliphatic heterocycles. The van der Waals surface area contributed by atoms with Gasteiger partial charge in [0.15, 0.2) is 5.65 Å². The van der Waals surface area contributed by atoms with E-state index in [0.717, 1.165) is 0 Å². The van der Waals surface area contributed by atoms with Crippen LogP contribution in [0.5, 0.6) is 0 Å². The summed E-state index contributed by atoms with van der Waals surface area (Å²) in [5.41, 5.74) is 0.840. The SMILES string of the molecule is CC(C)(C)c1nc(N2CCC(F)(F)C2)c2cnn(Cc3ccc(F)cc3Cl)c2n1. The summed E-state index contributed by atoms with van der Waals surface area (Å²) in [6, 6.07) is 4.18. The summed E-state index contributed by atoms with van der Waals surface area (Å²) in [6.45, 7) is 6.02. The minimum atomic E-state index is -2.74. The molecule has 1 saturated heterocycles. The topological polar surface area (TPSA) is 46.8 Å². The molecule has 5 nitrogen and oxygen atoms in total. The van der Waals surface area contributed by atoms with Crippen LogP contribution >= 0.6 is 11.6 Å². The zero-order valence-corrected chi connectivity index (χ0v) is 17.1. The van der Waals surface area contributed by atoms with Crippen molar-refractivity contribution in [1.29, 1.82) is 0 Å². The van der Waals surface area contributed by atoms with Gasteiger partial charge in [-0.15, -0.1) is 0 Å². The number of fused-ring (bicyclic) bond motifs is 1. The number of hydrogen-bond acceptors (Lipinski definition) is 4. The molecule has 0 spiro atoms. The van der Waals surface area contributed by atoms with Gasteiger partial charge in [0.2, 0.25) is 0 Å². The van der Waals surface area contributed by atoms with Gasteiger partial charge in [-0.3, -0.25) is 0 Å². The van der Waals surface area contributed by atoms with E-state index >= 15 is 0 Å². The third kappa shape index (κ3) is 3.90. The second kappa shape index (κ2) is 6.86. The second-order valence-electron chi connectivity index (χ2n) is 8.42. The normalized spacial score (nSPS) is 16.7. The Morgan fingerprint density at radius 2 is 1.97 bits per heavy atom. The first kappa shape index (κ1) is 19.9. The lowest BCUT2D eigenvalue weighted by Crippen LogP contribution is -2.27. The molecule has 0 N–H and O–H groups in total. The van der Waals surface area contributed by atoms with E-state index in [0.29, 0.717) is 28.2 Å². The highest BCUT2D eigenvalue weighted by atomic mass is 35.5. The first-order valence-electron chi connectivity index (χ1n) is 9.34. The Balaban J connectivity index is 1.82. The first-order chi connectivity index (χ1) is 13.5. The molecule has 154 valence electrons. The molecule has 3 heterocycles. The Bertz CT molecular complexity index is 1070. The molecule has 0 unspecified atom stereocenters. The number of alkyl halides is 2. The van der Waals surface area contributed by atoms with Crippen LogP contribution in [0.1, 0.15) is 38.6 Å². The van der Waals surface area contributed by atoms with Crippen LogP contribution in [0.3, 0.4) is 0 Å². The molecule has 1 aromatic carbocycles. The fourth-order valence-corrected chi connectivity index (χ4v) is 3.59. The molecule has 29 heavy (non-hydrogen) atoms. The summed E-state index contributed by atoms with van der Waals surface area (Å²) in [5, 5.41) is 5.29.